The molecule has 1 aliphatic rings. The number of hydrogen-bond donors (Lipinski definition) is 1. The first-order valence-electron chi connectivity index (χ1n) is 6.84. The highest BCUT2D eigenvalue weighted by molar-refractivity contribution is 7.10. The van der Waals surface area contributed by atoms with Crippen molar-refractivity contribution in [1.29, 1.82) is 0 Å². The van der Waals surface area contributed by atoms with Gasteiger partial charge in [-0.25, -0.2) is 0 Å². The van der Waals surface area contributed by atoms with Gasteiger partial charge < -0.3 is 15.0 Å². The summed E-state index contributed by atoms with van der Waals surface area (Å²) in [5, 5.41) is 4.66. The lowest BCUT2D eigenvalue weighted by atomic mass is 9.79. The Morgan fingerprint density at radius 2 is 1.62 bits per heavy atom. The molecule has 0 unspecified atom stereocenters. The second kappa shape index (κ2) is 4.79. The maximum Gasteiger partial charge on any atom is 0.494 e. The van der Waals surface area contributed by atoms with Gasteiger partial charge in [0.25, 0.3) is 0 Å². The van der Waals surface area contributed by atoms with Crippen LogP contribution in [-0.4, -0.2) is 27.9 Å². The Morgan fingerprint density at radius 3 is 2.10 bits per heavy atom. The monoisotopic (exact) mass is 303 g/mol. The fourth-order valence-electron chi connectivity index (χ4n) is 2.17. The van der Waals surface area contributed by atoms with Crippen molar-refractivity contribution in [2.75, 3.05) is 5.73 Å². The minimum Gasteiger partial charge on any atom is -0.399 e. The van der Waals surface area contributed by atoms with E-state index in [1.165, 1.54) is 11.5 Å². The predicted molar refractivity (Wildman–Crippen MR) is 85.5 cm³/mol. The molecule has 2 N–H and O–H groups in total. The summed E-state index contributed by atoms with van der Waals surface area (Å²) in [5.41, 5.74) is 7.83. The summed E-state index contributed by atoms with van der Waals surface area (Å²) in [7, 11) is -0.352. The van der Waals surface area contributed by atoms with Crippen LogP contribution in [-0.2, 0) is 9.31 Å². The molecule has 5 nitrogen and oxygen atoms in total. The van der Waals surface area contributed by atoms with Crippen molar-refractivity contribution in [3.8, 4) is 11.3 Å². The smallest absolute Gasteiger partial charge is 0.399 e. The Hall–Kier alpha value is -1.44. The lowest BCUT2D eigenvalue weighted by molar-refractivity contribution is 0.00578. The van der Waals surface area contributed by atoms with E-state index in [1.807, 2.05) is 52.0 Å². The molecule has 110 valence electrons. The zero-order valence-electron chi connectivity index (χ0n) is 12.6. The van der Waals surface area contributed by atoms with Crippen LogP contribution in [0.1, 0.15) is 27.7 Å². The van der Waals surface area contributed by atoms with E-state index in [-0.39, 0.29) is 18.3 Å². The molecule has 1 aromatic carbocycles. The summed E-state index contributed by atoms with van der Waals surface area (Å²) >= 11 is 1.20. The molecule has 0 amide bonds. The molecule has 21 heavy (non-hydrogen) atoms. The number of nitrogens with two attached hydrogens (primary N) is 1. The largest absolute Gasteiger partial charge is 0.494 e. The van der Waals surface area contributed by atoms with Gasteiger partial charge in [0.05, 0.1) is 11.2 Å². The number of rotatable bonds is 2. The van der Waals surface area contributed by atoms with E-state index in [1.54, 1.807) is 0 Å². The Balaban J connectivity index is 1.85. The Morgan fingerprint density at radius 1 is 1.05 bits per heavy atom. The zero-order valence-corrected chi connectivity index (χ0v) is 13.4. The van der Waals surface area contributed by atoms with Crippen LogP contribution in [0.15, 0.2) is 24.3 Å². The molecule has 3 rings (SSSR count). The van der Waals surface area contributed by atoms with Crippen LogP contribution in [0.4, 0.5) is 5.00 Å². The molecule has 1 saturated heterocycles. The molecule has 1 fully saturated rings. The molecule has 1 aromatic heterocycles. The molecule has 2 heterocycles. The third-order valence-corrected chi connectivity index (χ3v) is 4.78. The third kappa shape index (κ3) is 2.45. The predicted octanol–water partition coefficient (Wildman–Crippen LogP) is 2.09. The minimum atomic E-state index is -0.352. The number of nitrogen functional groups attached to an aromatic ring is 1. The van der Waals surface area contributed by atoms with Gasteiger partial charge in [-0.2, -0.15) is 0 Å². The fourth-order valence-corrected chi connectivity index (χ4v) is 2.63. The minimum absolute atomic E-state index is 0.334. The van der Waals surface area contributed by atoms with Crippen LogP contribution >= 0.6 is 11.5 Å². The second-order valence-corrected chi connectivity index (χ2v) is 6.98. The van der Waals surface area contributed by atoms with Gasteiger partial charge in [0.1, 0.15) is 10.7 Å². The van der Waals surface area contributed by atoms with Crippen molar-refractivity contribution in [2.45, 2.75) is 38.9 Å². The van der Waals surface area contributed by atoms with E-state index in [4.69, 9.17) is 15.0 Å². The Labute approximate surface area is 128 Å². The van der Waals surface area contributed by atoms with Gasteiger partial charge in [0.2, 0.25) is 0 Å². The molecule has 2 aromatic rings. The SMILES string of the molecule is CC1(C)OB(c2ccc(-c3nnsc3N)cc2)OC1(C)C. The molecular formula is C14H18BN3O2S. The molecule has 7 heteroatoms. The first-order chi connectivity index (χ1) is 9.80. The number of nitrogens with zero attached hydrogens (tertiary/aromatic N) is 2. The molecule has 0 spiro atoms. The van der Waals surface area contributed by atoms with Gasteiger partial charge in [-0.05, 0) is 33.2 Å². The van der Waals surface area contributed by atoms with Crippen molar-refractivity contribution < 1.29 is 9.31 Å². The fraction of sp³-hybridized carbons (Fsp3) is 0.429. The van der Waals surface area contributed by atoms with Gasteiger partial charge in [-0.3, -0.25) is 0 Å². The lowest BCUT2D eigenvalue weighted by Crippen LogP contribution is -2.41. The van der Waals surface area contributed by atoms with Crippen LogP contribution in [0.5, 0.6) is 0 Å². The molecule has 0 bridgehead atoms. The summed E-state index contributed by atoms with van der Waals surface area (Å²) in [4.78, 5) is 0. The van der Waals surface area contributed by atoms with Crippen LogP contribution in [0.25, 0.3) is 11.3 Å². The maximum absolute atomic E-state index is 6.03. The summed E-state index contributed by atoms with van der Waals surface area (Å²) in [6.07, 6.45) is 0. The zero-order chi connectivity index (χ0) is 15.3. The van der Waals surface area contributed by atoms with E-state index < -0.39 is 0 Å². The van der Waals surface area contributed by atoms with Crippen molar-refractivity contribution in [1.82, 2.24) is 9.59 Å². The third-order valence-electron chi connectivity index (χ3n) is 4.22. The van der Waals surface area contributed by atoms with Crippen molar-refractivity contribution in [2.24, 2.45) is 0 Å². The Bertz CT molecular complexity index is 638. The average molecular weight is 303 g/mol. The molecule has 0 saturated carbocycles. The highest BCUT2D eigenvalue weighted by atomic mass is 32.1. The standard InChI is InChI=1S/C14H18BN3O2S/c1-13(2)14(3,4)20-15(19-13)10-7-5-9(6-8-10)11-12(16)21-18-17-11/h5-8H,16H2,1-4H3. The molecule has 0 atom stereocenters. The maximum atomic E-state index is 6.03. The lowest BCUT2D eigenvalue weighted by Gasteiger charge is -2.32. The van der Waals surface area contributed by atoms with Crippen LogP contribution in [0, 0.1) is 0 Å². The van der Waals surface area contributed by atoms with Crippen molar-refractivity contribution in [3.63, 3.8) is 0 Å². The summed E-state index contributed by atoms with van der Waals surface area (Å²) in [6.45, 7) is 8.18. The summed E-state index contributed by atoms with van der Waals surface area (Å²) in [6, 6.07) is 7.90. The first-order valence-corrected chi connectivity index (χ1v) is 7.61. The first kappa shape index (κ1) is 14.5. The van der Waals surface area contributed by atoms with Crippen molar-refractivity contribution in [3.05, 3.63) is 24.3 Å². The van der Waals surface area contributed by atoms with E-state index in [0.717, 1.165) is 16.7 Å². The van der Waals surface area contributed by atoms with Crippen LogP contribution in [0.3, 0.4) is 0 Å². The average Bonchev–Trinajstić information content (AvgIpc) is 2.92. The molecule has 1 aliphatic heterocycles. The van der Waals surface area contributed by atoms with Gasteiger partial charge >= 0.3 is 7.12 Å². The van der Waals surface area contributed by atoms with E-state index in [9.17, 15) is 0 Å². The summed E-state index contributed by atoms with van der Waals surface area (Å²) < 4.78 is 15.9. The topological polar surface area (TPSA) is 70.3 Å². The normalized spacial score (nSPS) is 19.9. The molecular weight excluding hydrogens is 285 g/mol. The van der Waals surface area contributed by atoms with Gasteiger partial charge in [0, 0.05) is 17.1 Å². The highest BCUT2D eigenvalue weighted by Crippen LogP contribution is 2.36. The number of aromatic nitrogens is 2. The van der Waals surface area contributed by atoms with Gasteiger partial charge in [-0.15, -0.1) is 5.10 Å². The van der Waals surface area contributed by atoms with Crippen LogP contribution in [0.2, 0.25) is 0 Å². The second-order valence-electron chi connectivity index (χ2n) is 6.20. The van der Waals surface area contributed by atoms with Gasteiger partial charge in [-0.1, -0.05) is 28.8 Å². The van der Waals surface area contributed by atoms with E-state index in [0.29, 0.717) is 5.00 Å². The Kier molecular flexibility index (Phi) is 3.31. The number of hydrogen-bond acceptors (Lipinski definition) is 6. The number of benzene rings is 1. The molecule has 0 aliphatic carbocycles. The summed E-state index contributed by atoms with van der Waals surface area (Å²) in [5.74, 6) is 0. The quantitative estimate of drug-likeness (QED) is 0.860. The highest BCUT2D eigenvalue weighted by Gasteiger charge is 2.51. The van der Waals surface area contributed by atoms with E-state index >= 15 is 0 Å². The van der Waals surface area contributed by atoms with Crippen molar-refractivity contribution >= 4 is 29.1 Å². The van der Waals surface area contributed by atoms with E-state index in [2.05, 4.69) is 9.59 Å². The number of anilines is 1. The molecule has 0 radical (unpaired) electrons. The van der Waals surface area contributed by atoms with Gasteiger partial charge in [0.15, 0.2) is 0 Å². The van der Waals surface area contributed by atoms with Crippen LogP contribution < -0.4 is 11.2 Å².